The Balaban J connectivity index is 3.76. The van der Waals surface area contributed by atoms with E-state index >= 15 is 0 Å². The standard InChI is InChI=1S/C10H5F3N2O4/c1-19-9(16)5-2-3-7(15(17)18)8(6(5)4-14)10(11,12)13/h2-3H,1H3. The highest BCUT2D eigenvalue weighted by Gasteiger charge is 2.43. The molecule has 0 atom stereocenters. The van der Waals surface area contributed by atoms with Gasteiger partial charge in [0, 0.05) is 6.07 Å². The maximum atomic E-state index is 12.8. The van der Waals surface area contributed by atoms with Crippen LogP contribution in [0.1, 0.15) is 21.5 Å². The Hall–Kier alpha value is -2.63. The molecule has 0 heterocycles. The van der Waals surface area contributed by atoms with Crippen LogP contribution >= 0.6 is 0 Å². The summed E-state index contributed by atoms with van der Waals surface area (Å²) >= 11 is 0. The number of nitro groups is 1. The van der Waals surface area contributed by atoms with E-state index in [1.54, 1.807) is 0 Å². The second-order valence-corrected chi connectivity index (χ2v) is 3.24. The van der Waals surface area contributed by atoms with E-state index in [4.69, 9.17) is 5.26 Å². The molecule has 0 N–H and O–H groups in total. The molecular weight excluding hydrogens is 269 g/mol. The molecule has 0 fully saturated rings. The van der Waals surface area contributed by atoms with Gasteiger partial charge in [-0.15, -0.1) is 0 Å². The molecule has 1 aromatic carbocycles. The summed E-state index contributed by atoms with van der Waals surface area (Å²) in [5.41, 5.74) is -4.86. The maximum absolute atomic E-state index is 12.8. The summed E-state index contributed by atoms with van der Waals surface area (Å²) in [5, 5.41) is 19.3. The SMILES string of the molecule is COC(=O)c1ccc([N+](=O)[O-])c(C(F)(F)F)c1C#N. The Morgan fingerprint density at radius 3 is 2.42 bits per heavy atom. The third-order valence-corrected chi connectivity index (χ3v) is 2.18. The van der Waals surface area contributed by atoms with Crippen LogP contribution in [0.4, 0.5) is 18.9 Å². The minimum Gasteiger partial charge on any atom is -0.465 e. The van der Waals surface area contributed by atoms with E-state index in [2.05, 4.69) is 4.74 Å². The third kappa shape index (κ3) is 2.62. The Bertz CT molecular complexity index is 590. The van der Waals surface area contributed by atoms with Crippen LogP contribution in [-0.4, -0.2) is 18.0 Å². The molecule has 0 aromatic heterocycles. The number of alkyl halides is 3. The number of hydrogen-bond donors (Lipinski definition) is 0. The van der Waals surface area contributed by atoms with E-state index < -0.39 is 39.4 Å². The Kier molecular flexibility index (Phi) is 3.75. The van der Waals surface area contributed by atoms with Crippen LogP contribution in [0.5, 0.6) is 0 Å². The van der Waals surface area contributed by atoms with E-state index in [0.717, 1.165) is 19.2 Å². The first-order valence-corrected chi connectivity index (χ1v) is 4.61. The van der Waals surface area contributed by atoms with Gasteiger partial charge in [-0.05, 0) is 6.07 Å². The summed E-state index contributed by atoms with van der Waals surface area (Å²) < 4.78 is 42.6. The fourth-order valence-electron chi connectivity index (χ4n) is 1.43. The molecule has 100 valence electrons. The Morgan fingerprint density at radius 1 is 1.47 bits per heavy atom. The van der Waals surface area contributed by atoms with Crippen LogP contribution < -0.4 is 0 Å². The van der Waals surface area contributed by atoms with Crippen LogP contribution in [-0.2, 0) is 10.9 Å². The first kappa shape index (κ1) is 14.4. The van der Waals surface area contributed by atoms with E-state index in [0.29, 0.717) is 6.07 Å². The van der Waals surface area contributed by atoms with Gasteiger partial charge in [0.25, 0.3) is 5.69 Å². The highest BCUT2D eigenvalue weighted by molar-refractivity contribution is 5.93. The number of methoxy groups -OCH3 is 1. The summed E-state index contributed by atoms with van der Waals surface area (Å²) in [7, 11) is 0.915. The number of halogens is 3. The van der Waals surface area contributed by atoms with Gasteiger partial charge in [-0.3, -0.25) is 10.1 Å². The zero-order valence-electron chi connectivity index (χ0n) is 9.32. The summed E-state index contributed by atoms with van der Waals surface area (Å²) in [5.74, 6) is -1.18. The lowest BCUT2D eigenvalue weighted by atomic mass is 9.99. The fourth-order valence-corrected chi connectivity index (χ4v) is 1.43. The predicted octanol–water partition coefficient (Wildman–Crippen LogP) is 2.27. The number of ether oxygens (including phenoxy) is 1. The normalized spacial score (nSPS) is 10.7. The lowest BCUT2D eigenvalue weighted by molar-refractivity contribution is -0.388. The molecule has 6 nitrogen and oxygen atoms in total. The lowest BCUT2D eigenvalue weighted by Gasteiger charge is -2.11. The van der Waals surface area contributed by atoms with Gasteiger partial charge in [0.1, 0.15) is 6.07 Å². The topological polar surface area (TPSA) is 93.2 Å². The van der Waals surface area contributed by atoms with Crippen molar-refractivity contribution in [2.45, 2.75) is 6.18 Å². The molecule has 0 saturated carbocycles. The van der Waals surface area contributed by atoms with E-state index in [1.165, 1.54) is 0 Å². The number of esters is 1. The lowest BCUT2D eigenvalue weighted by Crippen LogP contribution is -2.15. The van der Waals surface area contributed by atoms with Gasteiger partial charge in [-0.2, -0.15) is 18.4 Å². The van der Waals surface area contributed by atoms with Crippen LogP contribution in [0, 0.1) is 21.4 Å². The molecule has 19 heavy (non-hydrogen) atoms. The molecule has 0 aliphatic rings. The van der Waals surface area contributed by atoms with Crippen LogP contribution in [0.3, 0.4) is 0 Å². The molecule has 0 aliphatic heterocycles. The Morgan fingerprint density at radius 2 is 2.05 bits per heavy atom. The molecule has 0 spiro atoms. The maximum Gasteiger partial charge on any atom is 0.424 e. The quantitative estimate of drug-likeness (QED) is 0.468. The molecule has 0 radical (unpaired) electrons. The molecule has 0 amide bonds. The van der Waals surface area contributed by atoms with Crippen LogP contribution in [0.25, 0.3) is 0 Å². The second-order valence-electron chi connectivity index (χ2n) is 3.24. The van der Waals surface area contributed by atoms with E-state index in [-0.39, 0.29) is 0 Å². The highest BCUT2D eigenvalue weighted by atomic mass is 19.4. The van der Waals surface area contributed by atoms with Gasteiger partial charge < -0.3 is 4.74 Å². The van der Waals surface area contributed by atoms with Crippen molar-refractivity contribution in [1.82, 2.24) is 0 Å². The van der Waals surface area contributed by atoms with Crippen molar-refractivity contribution in [2.75, 3.05) is 7.11 Å². The second kappa shape index (κ2) is 4.93. The van der Waals surface area contributed by atoms with Gasteiger partial charge in [0.05, 0.1) is 23.2 Å². The summed E-state index contributed by atoms with van der Waals surface area (Å²) in [4.78, 5) is 20.5. The van der Waals surface area contributed by atoms with Crippen molar-refractivity contribution in [3.63, 3.8) is 0 Å². The molecule has 1 rings (SSSR count). The van der Waals surface area contributed by atoms with Crippen molar-refractivity contribution < 1.29 is 27.6 Å². The number of carbonyl (C=O) groups is 1. The molecule has 1 aromatic rings. The average Bonchev–Trinajstić information content (AvgIpc) is 2.34. The number of benzene rings is 1. The zero-order valence-corrected chi connectivity index (χ0v) is 9.32. The average molecular weight is 274 g/mol. The van der Waals surface area contributed by atoms with Crippen LogP contribution in [0.2, 0.25) is 0 Å². The monoisotopic (exact) mass is 274 g/mol. The Labute approximate surface area is 104 Å². The van der Waals surface area contributed by atoms with Crippen molar-refractivity contribution in [2.24, 2.45) is 0 Å². The molecule has 0 aliphatic carbocycles. The van der Waals surface area contributed by atoms with Gasteiger partial charge in [-0.25, -0.2) is 4.79 Å². The van der Waals surface area contributed by atoms with Gasteiger partial charge in [0.2, 0.25) is 0 Å². The smallest absolute Gasteiger partial charge is 0.424 e. The molecule has 9 heteroatoms. The van der Waals surface area contributed by atoms with Gasteiger partial charge in [0.15, 0.2) is 5.56 Å². The molecule has 0 bridgehead atoms. The number of nitro benzene ring substituents is 1. The van der Waals surface area contributed by atoms with Crippen molar-refractivity contribution in [1.29, 1.82) is 5.26 Å². The van der Waals surface area contributed by atoms with Crippen molar-refractivity contribution >= 4 is 11.7 Å². The minimum absolute atomic E-state index is 0.510. The van der Waals surface area contributed by atoms with Crippen molar-refractivity contribution in [3.8, 4) is 6.07 Å². The zero-order chi connectivity index (χ0) is 14.8. The van der Waals surface area contributed by atoms with Crippen LogP contribution in [0.15, 0.2) is 12.1 Å². The number of nitriles is 1. The van der Waals surface area contributed by atoms with E-state index in [1.807, 2.05) is 0 Å². The number of rotatable bonds is 2. The molecular formula is C10H5F3N2O4. The number of nitrogens with zero attached hydrogens (tertiary/aromatic N) is 2. The van der Waals surface area contributed by atoms with Gasteiger partial charge >= 0.3 is 12.1 Å². The first-order chi connectivity index (χ1) is 8.73. The molecule has 0 saturated heterocycles. The summed E-state index contributed by atoms with van der Waals surface area (Å²) in [6.45, 7) is 0. The minimum atomic E-state index is -5.14. The third-order valence-electron chi connectivity index (χ3n) is 2.18. The number of hydrogen-bond acceptors (Lipinski definition) is 5. The summed E-state index contributed by atoms with van der Waals surface area (Å²) in [6, 6.07) is 2.41. The van der Waals surface area contributed by atoms with E-state index in [9.17, 15) is 28.1 Å². The van der Waals surface area contributed by atoms with Crippen molar-refractivity contribution in [3.05, 3.63) is 38.9 Å². The molecule has 0 unspecified atom stereocenters. The summed E-state index contributed by atoms with van der Waals surface area (Å²) in [6.07, 6.45) is -5.14. The highest BCUT2D eigenvalue weighted by Crippen LogP contribution is 2.39. The number of carbonyl (C=O) groups excluding carboxylic acids is 1. The first-order valence-electron chi connectivity index (χ1n) is 4.61. The predicted molar refractivity (Wildman–Crippen MR) is 54.2 cm³/mol. The largest absolute Gasteiger partial charge is 0.465 e. The fraction of sp³-hybridized carbons (Fsp3) is 0.200. The van der Waals surface area contributed by atoms with Gasteiger partial charge in [-0.1, -0.05) is 0 Å².